The Labute approximate surface area is 134 Å². The van der Waals surface area contributed by atoms with Crippen molar-refractivity contribution in [3.8, 4) is 11.5 Å². The molecule has 0 spiro atoms. The van der Waals surface area contributed by atoms with Crippen LogP contribution in [0.3, 0.4) is 0 Å². The Morgan fingerprint density at radius 1 is 0.789 bits per heavy atom. The SMILES string of the molecule is Nc1c(Oc2ccc(Cl)cc2Cl)cc(Cl)c(Cl)c1Cl. The summed E-state index contributed by atoms with van der Waals surface area (Å²) in [4.78, 5) is 0. The number of nitrogens with two attached hydrogens (primary N) is 1. The van der Waals surface area contributed by atoms with Crippen LogP contribution in [0.5, 0.6) is 11.5 Å². The first-order valence-electron chi connectivity index (χ1n) is 4.96. The third-order valence-corrected chi connectivity index (χ3v) is 4.08. The minimum atomic E-state index is 0.134. The molecule has 2 rings (SSSR count). The fraction of sp³-hybridized carbons (Fsp3) is 0. The summed E-state index contributed by atoms with van der Waals surface area (Å²) in [5.74, 6) is 0.649. The predicted octanol–water partition coefficient (Wildman–Crippen LogP) is 6.33. The molecule has 100 valence electrons. The number of halogens is 5. The fourth-order valence-corrected chi connectivity index (χ4v) is 2.39. The molecular formula is C12H6Cl5NO. The number of anilines is 1. The molecule has 0 heterocycles. The van der Waals surface area contributed by atoms with Gasteiger partial charge in [0.15, 0.2) is 5.75 Å². The van der Waals surface area contributed by atoms with E-state index in [0.29, 0.717) is 15.8 Å². The number of ether oxygens (including phenoxy) is 1. The summed E-state index contributed by atoms with van der Waals surface area (Å²) in [6.45, 7) is 0. The molecule has 0 aliphatic carbocycles. The van der Waals surface area contributed by atoms with Crippen molar-refractivity contribution in [2.45, 2.75) is 0 Å². The van der Waals surface area contributed by atoms with Crippen LogP contribution in [-0.2, 0) is 0 Å². The summed E-state index contributed by atoms with van der Waals surface area (Å²) in [7, 11) is 0. The highest BCUT2D eigenvalue weighted by Crippen LogP contribution is 2.43. The molecule has 19 heavy (non-hydrogen) atoms. The lowest BCUT2D eigenvalue weighted by Crippen LogP contribution is -1.94. The minimum absolute atomic E-state index is 0.134. The molecule has 0 unspecified atom stereocenters. The van der Waals surface area contributed by atoms with E-state index < -0.39 is 0 Å². The van der Waals surface area contributed by atoms with Crippen LogP contribution in [0.15, 0.2) is 24.3 Å². The first-order chi connectivity index (χ1) is 8.90. The van der Waals surface area contributed by atoms with Crippen LogP contribution in [0.4, 0.5) is 5.69 Å². The van der Waals surface area contributed by atoms with Crippen molar-refractivity contribution < 1.29 is 4.74 Å². The van der Waals surface area contributed by atoms with Crippen molar-refractivity contribution in [3.63, 3.8) is 0 Å². The second kappa shape index (κ2) is 5.86. The molecule has 0 aromatic heterocycles. The van der Waals surface area contributed by atoms with Gasteiger partial charge in [-0.2, -0.15) is 0 Å². The van der Waals surface area contributed by atoms with Gasteiger partial charge in [-0.3, -0.25) is 0 Å². The van der Waals surface area contributed by atoms with Gasteiger partial charge < -0.3 is 10.5 Å². The molecule has 0 saturated heterocycles. The number of nitrogen functional groups attached to an aromatic ring is 1. The van der Waals surface area contributed by atoms with E-state index in [4.69, 9.17) is 68.5 Å². The molecule has 2 N–H and O–H groups in total. The lowest BCUT2D eigenvalue weighted by molar-refractivity contribution is 0.485. The summed E-state index contributed by atoms with van der Waals surface area (Å²) in [5.41, 5.74) is 5.99. The molecule has 0 saturated carbocycles. The molecular weight excluding hydrogens is 351 g/mol. The number of hydrogen-bond acceptors (Lipinski definition) is 2. The zero-order chi connectivity index (χ0) is 14.2. The molecule has 0 radical (unpaired) electrons. The average Bonchev–Trinajstić information content (AvgIpc) is 2.36. The smallest absolute Gasteiger partial charge is 0.153 e. The van der Waals surface area contributed by atoms with Gasteiger partial charge >= 0.3 is 0 Å². The van der Waals surface area contributed by atoms with Crippen LogP contribution in [0, 0.1) is 0 Å². The largest absolute Gasteiger partial charge is 0.454 e. The first-order valence-corrected chi connectivity index (χ1v) is 6.85. The summed E-state index contributed by atoms with van der Waals surface area (Å²) in [6, 6.07) is 6.27. The Morgan fingerprint density at radius 3 is 2.11 bits per heavy atom. The number of rotatable bonds is 2. The third kappa shape index (κ3) is 3.15. The molecule has 0 amide bonds. The van der Waals surface area contributed by atoms with Crippen molar-refractivity contribution >= 4 is 63.7 Å². The van der Waals surface area contributed by atoms with Gasteiger partial charge in [0.05, 0.1) is 25.8 Å². The molecule has 0 bridgehead atoms. The Hall–Kier alpha value is -0.510. The van der Waals surface area contributed by atoms with Crippen LogP contribution in [0.1, 0.15) is 0 Å². The first kappa shape index (κ1) is 14.9. The fourth-order valence-electron chi connectivity index (χ4n) is 1.35. The van der Waals surface area contributed by atoms with Crippen molar-refractivity contribution in [1.82, 2.24) is 0 Å². The topological polar surface area (TPSA) is 35.2 Å². The quantitative estimate of drug-likeness (QED) is 0.503. The molecule has 2 aromatic rings. The van der Waals surface area contributed by atoms with Crippen LogP contribution in [0.2, 0.25) is 25.1 Å². The van der Waals surface area contributed by atoms with Gasteiger partial charge in [0.25, 0.3) is 0 Å². The van der Waals surface area contributed by atoms with Crippen LogP contribution >= 0.6 is 58.0 Å². The molecule has 0 fully saturated rings. The molecule has 0 aliphatic heterocycles. The Balaban J connectivity index is 2.44. The van der Waals surface area contributed by atoms with E-state index in [2.05, 4.69) is 0 Å². The second-order valence-electron chi connectivity index (χ2n) is 3.57. The van der Waals surface area contributed by atoms with Gasteiger partial charge in [0.1, 0.15) is 5.75 Å². The van der Waals surface area contributed by atoms with E-state index in [-0.39, 0.29) is 26.5 Å². The van der Waals surface area contributed by atoms with E-state index in [1.165, 1.54) is 6.07 Å². The maximum Gasteiger partial charge on any atom is 0.153 e. The second-order valence-corrected chi connectivity index (χ2v) is 5.58. The van der Waals surface area contributed by atoms with E-state index in [0.717, 1.165) is 0 Å². The molecule has 0 aliphatic rings. The maximum absolute atomic E-state index is 6.00. The van der Waals surface area contributed by atoms with Gasteiger partial charge in [-0.15, -0.1) is 0 Å². The molecule has 7 heteroatoms. The summed E-state index contributed by atoms with van der Waals surface area (Å²) >= 11 is 29.5. The highest BCUT2D eigenvalue weighted by atomic mass is 35.5. The van der Waals surface area contributed by atoms with E-state index in [9.17, 15) is 0 Å². The van der Waals surface area contributed by atoms with Crippen molar-refractivity contribution in [2.75, 3.05) is 5.73 Å². The van der Waals surface area contributed by atoms with E-state index >= 15 is 0 Å². The van der Waals surface area contributed by atoms with Gasteiger partial charge in [0.2, 0.25) is 0 Å². The van der Waals surface area contributed by atoms with E-state index in [1.807, 2.05) is 0 Å². The molecule has 0 atom stereocenters. The number of hydrogen-bond donors (Lipinski definition) is 1. The summed E-state index contributed by atoms with van der Waals surface area (Å²) in [6.07, 6.45) is 0. The van der Waals surface area contributed by atoms with Crippen molar-refractivity contribution in [1.29, 1.82) is 0 Å². The van der Waals surface area contributed by atoms with Crippen LogP contribution in [0.25, 0.3) is 0 Å². The Kier molecular flexibility index (Phi) is 4.59. The Morgan fingerprint density at radius 2 is 1.47 bits per heavy atom. The van der Waals surface area contributed by atoms with E-state index in [1.54, 1.807) is 18.2 Å². The summed E-state index contributed by atoms with van der Waals surface area (Å²) in [5, 5.41) is 1.39. The van der Waals surface area contributed by atoms with Gasteiger partial charge in [-0.05, 0) is 18.2 Å². The molecule has 2 aromatic carbocycles. The lowest BCUT2D eigenvalue weighted by atomic mass is 10.3. The minimum Gasteiger partial charge on any atom is -0.454 e. The van der Waals surface area contributed by atoms with Gasteiger partial charge in [0, 0.05) is 11.1 Å². The van der Waals surface area contributed by atoms with Crippen molar-refractivity contribution in [3.05, 3.63) is 49.4 Å². The predicted molar refractivity (Wildman–Crippen MR) is 82.4 cm³/mol. The molecule has 2 nitrogen and oxygen atoms in total. The van der Waals surface area contributed by atoms with Crippen LogP contribution < -0.4 is 10.5 Å². The standard InChI is InChI=1S/C12H6Cl5NO/c13-5-1-2-8(6(14)3-5)19-9-4-7(15)10(16)11(17)12(9)18/h1-4H,18H2. The zero-order valence-corrected chi connectivity index (χ0v) is 13.0. The monoisotopic (exact) mass is 355 g/mol. The lowest BCUT2D eigenvalue weighted by Gasteiger charge is -2.12. The zero-order valence-electron chi connectivity index (χ0n) is 9.18. The van der Waals surface area contributed by atoms with Crippen molar-refractivity contribution in [2.24, 2.45) is 0 Å². The highest BCUT2D eigenvalue weighted by Gasteiger charge is 2.15. The Bertz CT molecular complexity index is 645. The maximum atomic E-state index is 6.00. The summed E-state index contributed by atoms with van der Waals surface area (Å²) < 4.78 is 5.57. The third-order valence-electron chi connectivity index (χ3n) is 2.28. The average molecular weight is 357 g/mol. The van der Waals surface area contributed by atoms with Gasteiger partial charge in [-0.1, -0.05) is 58.0 Å². The normalized spacial score (nSPS) is 10.6. The van der Waals surface area contributed by atoms with Crippen LogP contribution in [-0.4, -0.2) is 0 Å². The van der Waals surface area contributed by atoms with Gasteiger partial charge in [-0.25, -0.2) is 0 Å². The number of benzene rings is 2. The highest BCUT2D eigenvalue weighted by molar-refractivity contribution is 6.49.